The van der Waals surface area contributed by atoms with E-state index in [1.807, 2.05) is 50.2 Å². The molecule has 0 aliphatic carbocycles. The fourth-order valence-electron chi connectivity index (χ4n) is 2.56. The Balaban J connectivity index is 1.78. The van der Waals surface area contributed by atoms with Crippen molar-refractivity contribution in [3.05, 3.63) is 70.5 Å². The summed E-state index contributed by atoms with van der Waals surface area (Å²) in [6, 6.07) is 13.2. The topological polar surface area (TPSA) is 62.5 Å². The van der Waals surface area contributed by atoms with Crippen LogP contribution in [-0.4, -0.2) is 11.0 Å². The van der Waals surface area contributed by atoms with Crippen molar-refractivity contribution in [1.82, 2.24) is 5.32 Å². The van der Waals surface area contributed by atoms with Crippen molar-refractivity contribution in [2.45, 2.75) is 27.0 Å². The number of rotatable bonds is 4. The quantitative estimate of drug-likeness (QED) is 0.775. The fourth-order valence-corrected chi connectivity index (χ4v) is 2.56. The summed E-state index contributed by atoms with van der Waals surface area (Å²) >= 11 is 0. The van der Waals surface area contributed by atoms with Crippen molar-refractivity contribution in [2.75, 3.05) is 0 Å². The van der Waals surface area contributed by atoms with E-state index in [2.05, 4.69) is 5.32 Å². The third kappa shape index (κ3) is 3.12. The molecule has 2 aromatic carbocycles. The number of nitrogens with one attached hydrogen (secondary N) is 1. The molecule has 3 aromatic rings. The first-order valence-corrected chi connectivity index (χ1v) is 7.55. The minimum absolute atomic E-state index is 0.0464. The van der Waals surface area contributed by atoms with Gasteiger partial charge in [-0.3, -0.25) is 4.79 Å². The van der Waals surface area contributed by atoms with Gasteiger partial charge in [-0.1, -0.05) is 24.3 Å². The fraction of sp³-hybridized carbons (Fsp3) is 0.211. The smallest absolute Gasteiger partial charge is 0.287 e. The molecule has 0 saturated heterocycles. The van der Waals surface area contributed by atoms with Gasteiger partial charge in [-0.15, -0.1) is 0 Å². The average molecular weight is 309 g/mol. The molecule has 0 unspecified atom stereocenters. The lowest BCUT2D eigenvalue weighted by Crippen LogP contribution is -2.22. The number of aliphatic hydroxyl groups is 1. The summed E-state index contributed by atoms with van der Waals surface area (Å²) in [4.78, 5) is 12.3. The molecule has 0 saturated carbocycles. The van der Waals surface area contributed by atoms with Gasteiger partial charge in [0.2, 0.25) is 0 Å². The Bertz CT molecular complexity index is 825. The summed E-state index contributed by atoms with van der Waals surface area (Å²) in [7, 11) is 0. The Kier molecular flexibility index (Phi) is 4.17. The van der Waals surface area contributed by atoms with E-state index in [1.54, 1.807) is 6.07 Å². The first-order valence-electron chi connectivity index (χ1n) is 7.55. The normalized spacial score (nSPS) is 10.9. The van der Waals surface area contributed by atoms with Crippen LogP contribution in [0.1, 0.15) is 32.8 Å². The molecule has 118 valence electrons. The van der Waals surface area contributed by atoms with Crippen LogP contribution in [-0.2, 0) is 13.2 Å². The van der Waals surface area contributed by atoms with Gasteiger partial charge >= 0.3 is 0 Å². The third-order valence-corrected chi connectivity index (χ3v) is 4.08. The summed E-state index contributed by atoms with van der Waals surface area (Å²) < 4.78 is 5.65. The highest BCUT2D eigenvalue weighted by Crippen LogP contribution is 2.23. The van der Waals surface area contributed by atoms with Gasteiger partial charge in [0.25, 0.3) is 5.91 Å². The van der Waals surface area contributed by atoms with Crippen LogP contribution in [0.4, 0.5) is 0 Å². The van der Waals surface area contributed by atoms with Crippen molar-refractivity contribution in [2.24, 2.45) is 0 Å². The van der Waals surface area contributed by atoms with Crippen molar-refractivity contribution >= 4 is 16.9 Å². The molecule has 4 heteroatoms. The van der Waals surface area contributed by atoms with Crippen LogP contribution in [0.2, 0.25) is 0 Å². The summed E-state index contributed by atoms with van der Waals surface area (Å²) in [6.45, 7) is 4.36. The van der Waals surface area contributed by atoms with Crippen LogP contribution in [0.3, 0.4) is 0 Å². The maximum Gasteiger partial charge on any atom is 0.287 e. The standard InChI is InChI=1S/C19H19NO3/c1-12-7-16-9-18(23-17(16)8-13(12)2)19(22)20-10-14-5-3-4-6-15(14)11-21/h3-9,21H,10-11H2,1-2H3,(H,20,22). The Morgan fingerprint density at radius 3 is 2.52 bits per heavy atom. The molecule has 0 spiro atoms. The highest BCUT2D eigenvalue weighted by Gasteiger charge is 2.13. The summed E-state index contributed by atoms with van der Waals surface area (Å²) in [6.07, 6.45) is 0. The highest BCUT2D eigenvalue weighted by atomic mass is 16.3. The minimum Gasteiger partial charge on any atom is -0.451 e. The van der Waals surface area contributed by atoms with Crippen LogP contribution in [0, 0.1) is 13.8 Å². The van der Waals surface area contributed by atoms with E-state index in [0.717, 1.165) is 22.1 Å². The van der Waals surface area contributed by atoms with Crippen LogP contribution < -0.4 is 5.32 Å². The zero-order valence-corrected chi connectivity index (χ0v) is 13.2. The third-order valence-electron chi connectivity index (χ3n) is 4.08. The number of benzene rings is 2. The number of aliphatic hydroxyl groups excluding tert-OH is 1. The predicted molar refractivity (Wildman–Crippen MR) is 89.2 cm³/mol. The van der Waals surface area contributed by atoms with E-state index >= 15 is 0 Å². The second-order valence-corrected chi connectivity index (χ2v) is 5.69. The number of fused-ring (bicyclic) bond motifs is 1. The van der Waals surface area contributed by atoms with Crippen LogP contribution >= 0.6 is 0 Å². The molecule has 0 fully saturated rings. The van der Waals surface area contributed by atoms with E-state index in [-0.39, 0.29) is 12.5 Å². The molecule has 1 amide bonds. The van der Waals surface area contributed by atoms with Gasteiger partial charge in [-0.2, -0.15) is 0 Å². The number of aryl methyl sites for hydroxylation is 2. The Morgan fingerprint density at radius 2 is 1.78 bits per heavy atom. The maximum atomic E-state index is 12.3. The zero-order chi connectivity index (χ0) is 16.4. The van der Waals surface area contributed by atoms with Gasteiger partial charge in [0.15, 0.2) is 5.76 Å². The number of carbonyl (C=O) groups is 1. The molecule has 23 heavy (non-hydrogen) atoms. The van der Waals surface area contributed by atoms with Gasteiger partial charge in [0.05, 0.1) is 6.61 Å². The summed E-state index contributed by atoms with van der Waals surface area (Å²) in [5, 5.41) is 13.1. The lowest BCUT2D eigenvalue weighted by molar-refractivity contribution is 0.0925. The maximum absolute atomic E-state index is 12.3. The second kappa shape index (κ2) is 6.26. The van der Waals surface area contributed by atoms with Crippen molar-refractivity contribution in [1.29, 1.82) is 0 Å². The molecule has 0 aliphatic rings. The SMILES string of the molecule is Cc1cc2cc(C(=O)NCc3ccccc3CO)oc2cc1C. The van der Waals surface area contributed by atoms with Crippen molar-refractivity contribution in [3.63, 3.8) is 0 Å². The lowest BCUT2D eigenvalue weighted by atomic mass is 10.1. The first kappa shape index (κ1) is 15.3. The van der Waals surface area contributed by atoms with Gasteiger partial charge in [-0.25, -0.2) is 0 Å². The van der Waals surface area contributed by atoms with E-state index in [0.29, 0.717) is 17.9 Å². The number of carbonyl (C=O) groups excluding carboxylic acids is 1. The first-order chi connectivity index (χ1) is 11.1. The average Bonchev–Trinajstić information content (AvgIpc) is 2.96. The molecular formula is C19H19NO3. The van der Waals surface area contributed by atoms with E-state index in [1.165, 1.54) is 5.56 Å². The Hall–Kier alpha value is -2.59. The Morgan fingerprint density at radius 1 is 1.09 bits per heavy atom. The molecule has 2 N–H and O–H groups in total. The van der Waals surface area contributed by atoms with Crippen LogP contribution in [0.5, 0.6) is 0 Å². The second-order valence-electron chi connectivity index (χ2n) is 5.69. The zero-order valence-electron chi connectivity index (χ0n) is 13.2. The van der Waals surface area contributed by atoms with Crippen molar-refractivity contribution < 1.29 is 14.3 Å². The molecule has 4 nitrogen and oxygen atoms in total. The molecule has 0 aliphatic heterocycles. The van der Waals surface area contributed by atoms with Gasteiger partial charge in [-0.05, 0) is 54.3 Å². The Labute approximate surface area is 134 Å². The minimum atomic E-state index is -0.260. The molecule has 0 bridgehead atoms. The van der Waals surface area contributed by atoms with Gasteiger partial charge in [0.1, 0.15) is 5.58 Å². The summed E-state index contributed by atoms with van der Waals surface area (Å²) in [5.41, 5.74) is 4.72. The number of hydrogen-bond donors (Lipinski definition) is 2. The predicted octanol–water partition coefficient (Wildman–Crippen LogP) is 3.47. The highest BCUT2D eigenvalue weighted by molar-refractivity contribution is 5.96. The van der Waals surface area contributed by atoms with E-state index in [9.17, 15) is 9.90 Å². The molecule has 0 radical (unpaired) electrons. The summed E-state index contributed by atoms with van der Waals surface area (Å²) in [5.74, 6) is 0.0377. The monoisotopic (exact) mass is 309 g/mol. The number of amides is 1. The van der Waals surface area contributed by atoms with E-state index < -0.39 is 0 Å². The molecular weight excluding hydrogens is 290 g/mol. The van der Waals surface area contributed by atoms with Gasteiger partial charge in [0, 0.05) is 11.9 Å². The number of furan rings is 1. The molecule has 0 atom stereocenters. The van der Waals surface area contributed by atoms with Gasteiger partial charge < -0.3 is 14.8 Å². The van der Waals surface area contributed by atoms with E-state index in [4.69, 9.17) is 4.42 Å². The molecule has 1 heterocycles. The molecule has 3 rings (SSSR count). The molecule has 1 aromatic heterocycles. The number of hydrogen-bond acceptors (Lipinski definition) is 3. The lowest BCUT2D eigenvalue weighted by Gasteiger charge is -2.07. The van der Waals surface area contributed by atoms with Crippen LogP contribution in [0.25, 0.3) is 11.0 Å². The largest absolute Gasteiger partial charge is 0.451 e. The van der Waals surface area contributed by atoms with Crippen LogP contribution in [0.15, 0.2) is 46.9 Å². The van der Waals surface area contributed by atoms with Crippen molar-refractivity contribution in [3.8, 4) is 0 Å².